The van der Waals surface area contributed by atoms with Gasteiger partial charge in [0.05, 0.1) is 14.9 Å². The van der Waals surface area contributed by atoms with Crippen molar-refractivity contribution in [3.63, 3.8) is 0 Å². The maximum atomic E-state index is 10.7. The number of benzene rings is 1. The van der Waals surface area contributed by atoms with E-state index in [-0.39, 0.29) is 5.02 Å². The first-order valence-electron chi connectivity index (χ1n) is 4.41. The number of carboxylic acid groups (broad SMARTS) is 1. The van der Waals surface area contributed by atoms with Crippen molar-refractivity contribution >= 4 is 34.6 Å². The van der Waals surface area contributed by atoms with Crippen LogP contribution in [0.25, 0.3) is 0 Å². The lowest BCUT2D eigenvalue weighted by Gasteiger charge is -2.05. The van der Waals surface area contributed by atoms with Gasteiger partial charge in [-0.15, -0.1) is 0 Å². The molecule has 0 aliphatic heterocycles. The lowest BCUT2D eigenvalue weighted by atomic mass is 10.2. The van der Waals surface area contributed by atoms with Gasteiger partial charge < -0.3 is 10.4 Å². The van der Waals surface area contributed by atoms with Gasteiger partial charge in [0.2, 0.25) is 0 Å². The first kappa shape index (κ1) is 13.6. The number of nitro benzene ring substituents is 2. The zero-order valence-corrected chi connectivity index (χ0v) is 9.38. The van der Waals surface area contributed by atoms with Crippen LogP contribution in [0.4, 0.5) is 17.1 Å². The SMILES string of the molecule is O=C(O)CNc1c([N+](=O)[O-])cc(Cl)cc1[N+](=O)[O-]. The van der Waals surface area contributed by atoms with Gasteiger partial charge in [-0.3, -0.25) is 25.0 Å². The molecule has 0 radical (unpaired) electrons. The van der Waals surface area contributed by atoms with Crippen molar-refractivity contribution < 1.29 is 19.7 Å². The van der Waals surface area contributed by atoms with Crippen LogP contribution in [-0.2, 0) is 4.79 Å². The summed E-state index contributed by atoms with van der Waals surface area (Å²) >= 11 is 5.52. The second kappa shape index (κ2) is 5.27. The van der Waals surface area contributed by atoms with E-state index in [0.29, 0.717) is 0 Å². The van der Waals surface area contributed by atoms with E-state index in [2.05, 4.69) is 5.32 Å². The smallest absolute Gasteiger partial charge is 0.322 e. The Bertz CT molecular complexity index is 497. The molecule has 0 saturated heterocycles. The number of rotatable bonds is 5. The molecule has 0 fully saturated rings. The number of nitrogens with zero attached hydrogens (tertiary/aromatic N) is 2. The summed E-state index contributed by atoms with van der Waals surface area (Å²) < 4.78 is 0. The number of hydrogen-bond donors (Lipinski definition) is 2. The summed E-state index contributed by atoms with van der Waals surface area (Å²) in [6, 6.07) is 1.80. The van der Waals surface area contributed by atoms with Crippen LogP contribution in [-0.4, -0.2) is 27.5 Å². The van der Waals surface area contributed by atoms with Crippen LogP contribution < -0.4 is 5.32 Å². The van der Waals surface area contributed by atoms with Gasteiger partial charge in [0, 0.05) is 12.1 Å². The van der Waals surface area contributed by atoms with Crippen LogP contribution >= 0.6 is 11.6 Å². The van der Waals surface area contributed by atoms with Crippen molar-refractivity contribution in [1.82, 2.24) is 0 Å². The van der Waals surface area contributed by atoms with E-state index in [9.17, 15) is 25.0 Å². The molecular formula is C8H6ClN3O6. The van der Waals surface area contributed by atoms with Crippen molar-refractivity contribution in [3.05, 3.63) is 37.4 Å². The molecular weight excluding hydrogens is 270 g/mol. The third-order valence-corrected chi connectivity index (χ3v) is 2.09. The van der Waals surface area contributed by atoms with E-state index >= 15 is 0 Å². The number of nitrogens with one attached hydrogen (secondary N) is 1. The third-order valence-electron chi connectivity index (χ3n) is 1.87. The summed E-state index contributed by atoms with van der Waals surface area (Å²) in [5.41, 5.74) is -1.80. The molecule has 0 saturated carbocycles. The van der Waals surface area contributed by atoms with Gasteiger partial charge in [-0.25, -0.2) is 0 Å². The molecule has 0 unspecified atom stereocenters. The number of aliphatic carboxylic acids is 1. The van der Waals surface area contributed by atoms with Crippen molar-refractivity contribution in [2.24, 2.45) is 0 Å². The standard InChI is InChI=1S/C8H6ClN3O6/c9-4-1-5(11(15)16)8(10-3-7(13)14)6(2-4)12(17)18/h1-2,10H,3H2,(H,13,14). The molecule has 10 heteroatoms. The number of nitro groups is 2. The van der Waals surface area contributed by atoms with Crippen LogP contribution in [0.2, 0.25) is 5.02 Å². The van der Waals surface area contributed by atoms with E-state index in [1.807, 2.05) is 0 Å². The second-order valence-electron chi connectivity index (χ2n) is 3.08. The molecule has 0 aromatic heterocycles. The van der Waals surface area contributed by atoms with E-state index < -0.39 is 39.4 Å². The Morgan fingerprint density at radius 1 is 1.28 bits per heavy atom. The molecule has 1 aromatic carbocycles. The van der Waals surface area contributed by atoms with Gasteiger partial charge in [0.25, 0.3) is 0 Å². The van der Waals surface area contributed by atoms with Gasteiger partial charge in [0.15, 0.2) is 5.69 Å². The number of carbonyl (C=O) groups is 1. The van der Waals surface area contributed by atoms with Gasteiger partial charge in [-0.2, -0.15) is 0 Å². The highest BCUT2D eigenvalue weighted by Crippen LogP contribution is 2.37. The van der Waals surface area contributed by atoms with Gasteiger partial charge in [0.1, 0.15) is 6.54 Å². The Kier molecular flexibility index (Phi) is 4.00. The summed E-state index contributed by atoms with van der Waals surface area (Å²) in [5, 5.41) is 31.9. The fourth-order valence-corrected chi connectivity index (χ4v) is 1.42. The second-order valence-corrected chi connectivity index (χ2v) is 3.52. The predicted octanol–water partition coefficient (Wildman–Crippen LogP) is 1.65. The summed E-state index contributed by atoms with van der Waals surface area (Å²) in [6.07, 6.45) is 0. The summed E-state index contributed by atoms with van der Waals surface area (Å²) in [6.45, 7) is -0.691. The topological polar surface area (TPSA) is 136 Å². The molecule has 0 amide bonds. The lowest BCUT2D eigenvalue weighted by molar-refractivity contribution is -0.392. The van der Waals surface area contributed by atoms with E-state index in [1.54, 1.807) is 0 Å². The molecule has 1 aromatic rings. The van der Waals surface area contributed by atoms with Crippen LogP contribution in [0, 0.1) is 20.2 Å². The average molecular weight is 276 g/mol. The van der Waals surface area contributed by atoms with E-state index in [4.69, 9.17) is 16.7 Å². The minimum Gasteiger partial charge on any atom is -0.480 e. The van der Waals surface area contributed by atoms with Gasteiger partial charge in [-0.05, 0) is 0 Å². The highest BCUT2D eigenvalue weighted by Gasteiger charge is 2.26. The number of hydrogen-bond acceptors (Lipinski definition) is 6. The molecule has 0 atom stereocenters. The lowest BCUT2D eigenvalue weighted by Crippen LogP contribution is -2.14. The van der Waals surface area contributed by atoms with Crippen LogP contribution in [0.3, 0.4) is 0 Å². The van der Waals surface area contributed by atoms with Crippen LogP contribution in [0.5, 0.6) is 0 Å². The Hall–Kier alpha value is -2.42. The summed E-state index contributed by atoms with van der Waals surface area (Å²) in [5.74, 6) is -1.31. The highest BCUT2D eigenvalue weighted by molar-refractivity contribution is 6.31. The molecule has 0 heterocycles. The normalized spacial score (nSPS) is 9.83. The molecule has 0 bridgehead atoms. The monoisotopic (exact) mass is 275 g/mol. The zero-order chi connectivity index (χ0) is 13.9. The maximum absolute atomic E-state index is 10.7. The first-order chi connectivity index (χ1) is 8.32. The largest absolute Gasteiger partial charge is 0.480 e. The van der Waals surface area contributed by atoms with Crippen LogP contribution in [0.15, 0.2) is 12.1 Å². The summed E-state index contributed by atoms with van der Waals surface area (Å²) in [4.78, 5) is 30.1. The van der Waals surface area contributed by atoms with Crippen molar-refractivity contribution in [2.75, 3.05) is 11.9 Å². The minimum absolute atomic E-state index is 0.186. The van der Waals surface area contributed by atoms with Crippen LogP contribution in [0.1, 0.15) is 0 Å². The molecule has 0 spiro atoms. The average Bonchev–Trinajstić information content (AvgIpc) is 2.25. The number of halogens is 1. The molecule has 96 valence electrons. The Morgan fingerprint density at radius 3 is 2.06 bits per heavy atom. The van der Waals surface area contributed by atoms with Crippen molar-refractivity contribution in [1.29, 1.82) is 0 Å². The van der Waals surface area contributed by atoms with Crippen molar-refractivity contribution in [2.45, 2.75) is 0 Å². The van der Waals surface area contributed by atoms with Gasteiger partial charge >= 0.3 is 17.3 Å². The fourth-order valence-electron chi connectivity index (χ4n) is 1.21. The molecule has 0 aliphatic carbocycles. The Labute approximate surface area is 104 Å². The Morgan fingerprint density at radius 2 is 1.72 bits per heavy atom. The predicted molar refractivity (Wildman–Crippen MR) is 60.9 cm³/mol. The minimum atomic E-state index is -1.31. The number of anilines is 1. The molecule has 2 N–H and O–H groups in total. The number of carboxylic acids is 1. The maximum Gasteiger partial charge on any atom is 0.322 e. The molecule has 9 nitrogen and oxygen atoms in total. The van der Waals surface area contributed by atoms with E-state index in [0.717, 1.165) is 12.1 Å². The van der Waals surface area contributed by atoms with Crippen molar-refractivity contribution in [3.8, 4) is 0 Å². The highest BCUT2D eigenvalue weighted by atomic mass is 35.5. The summed E-state index contributed by atoms with van der Waals surface area (Å²) in [7, 11) is 0. The van der Waals surface area contributed by atoms with Gasteiger partial charge in [-0.1, -0.05) is 11.6 Å². The Balaban J connectivity index is 3.36. The van der Waals surface area contributed by atoms with E-state index in [1.165, 1.54) is 0 Å². The zero-order valence-electron chi connectivity index (χ0n) is 8.62. The third kappa shape index (κ3) is 3.04. The quantitative estimate of drug-likeness (QED) is 0.616. The molecule has 18 heavy (non-hydrogen) atoms. The fraction of sp³-hybridized carbons (Fsp3) is 0.125. The molecule has 0 aliphatic rings. The molecule has 1 rings (SSSR count). The first-order valence-corrected chi connectivity index (χ1v) is 4.78.